The van der Waals surface area contributed by atoms with Crippen LogP contribution in [0.25, 0.3) is 0 Å². The molecular weight excluding hydrogens is 204 g/mol. The smallest absolute Gasteiger partial charge is 0.174 e. The van der Waals surface area contributed by atoms with Crippen molar-refractivity contribution in [3.05, 3.63) is 0 Å². The molecule has 0 saturated carbocycles. The maximum Gasteiger partial charge on any atom is 0.174 e. The summed E-state index contributed by atoms with van der Waals surface area (Å²) in [4.78, 5) is 0. The molecule has 1 nitrogen and oxygen atoms in total. The molecule has 1 rings (SSSR count). The summed E-state index contributed by atoms with van der Waals surface area (Å²) in [6, 6.07) is 2.86. The molecule has 3 heteroatoms. The zero-order chi connectivity index (χ0) is 11.2. The van der Waals surface area contributed by atoms with E-state index in [1.54, 1.807) is 0 Å². The first-order valence-electron chi connectivity index (χ1n) is 5.85. The Balaban J connectivity index is 2.97. The van der Waals surface area contributed by atoms with E-state index in [2.05, 4.69) is 47.3 Å². The summed E-state index contributed by atoms with van der Waals surface area (Å²) >= 11 is 0. The molecule has 0 N–H and O–H groups in total. The van der Waals surface area contributed by atoms with Crippen LogP contribution in [-0.2, 0) is 4.43 Å². The summed E-state index contributed by atoms with van der Waals surface area (Å²) in [5.74, 6) is 0.736. The van der Waals surface area contributed by atoms with E-state index in [9.17, 15) is 0 Å². The highest BCUT2D eigenvalue weighted by atomic mass is 29.3. The predicted octanol–water partition coefficient (Wildman–Crippen LogP) is 3.81. The fourth-order valence-corrected chi connectivity index (χ4v) is 14.3. The molecule has 0 aromatic carbocycles. The molecule has 1 aliphatic heterocycles. The lowest BCUT2D eigenvalue weighted by molar-refractivity contribution is 0.0467. The van der Waals surface area contributed by atoms with Crippen LogP contribution >= 0.6 is 0 Å². The highest BCUT2D eigenvalue weighted by Gasteiger charge is 2.54. The topological polar surface area (TPSA) is 9.23 Å². The van der Waals surface area contributed by atoms with E-state index in [-0.39, 0.29) is 5.60 Å². The van der Waals surface area contributed by atoms with Crippen LogP contribution in [0.5, 0.6) is 0 Å². The predicted molar refractivity (Wildman–Crippen MR) is 68.7 cm³/mol. The molecule has 1 heterocycles. The molecule has 0 aliphatic carbocycles. The molecule has 0 spiro atoms. The third-order valence-corrected chi connectivity index (χ3v) is 22.4. The minimum Gasteiger partial charge on any atom is -0.415 e. The molecule has 84 valence electrons. The first-order chi connectivity index (χ1) is 6.15. The van der Waals surface area contributed by atoms with Crippen LogP contribution in [0.2, 0.25) is 31.7 Å². The largest absolute Gasteiger partial charge is 0.415 e. The Morgan fingerprint density at radius 3 is 2.21 bits per heavy atom. The van der Waals surface area contributed by atoms with Gasteiger partial charge in [0.2, 0.25) is 0 Å². The van der Waals surface area contributed by atoms with Crippen LogP contribution in [0.15, 0.2) is 0 Å². The van der Waals surface area contributed by atoms with Gasteiger partial charge in [0.25, 0.3) is 0 Å². The summed E-state index contributed by atoms with van der Waals surface area (Å²) in [6.45, 7) is 16.7. The molecule has 0 aromatic rings. The second-order valence-corrected chi connectivity index (χ2v) is 20.9. The van der Waals surface area contributed by atoms with Crippen LogP contribution in [0.3, 0.4) is 0 Å². The minimum absolute atomic E-state index is 0.122. The second-order valence-electron chi connectivity index (χ2n) is 6.24. The van der Waals surface area contributed by atoms with Gasteiger partial charge in [0, 0.05) is 0 Å². The first kappa shape index (κ1) is 12.5. The highest BCUT2D eigenvalue weighted by molar-refractivity contribution is 7.38. The Morgan fingerprint density at radius 2 is 1.79 bits per heavy atom. The molecule has 14 heavy (non-hydrogen) atoms. The van der Waals surface area contributed by atoms with E-state index in [0.29, 0.717) is 0 Å². The third kappa shape index (κ3) is 1.86. The molecule has 0 bridgehead atoms. The van der Waals surface area contributed by atoms with Crippen molar-refractivity contribution in [1.29, 1.82) is 0 Å². The van der Waals surface area contributed by atoms with E-state index in [4.69, 9.17) is 4.43 Å². The standard InChI is InChI=1S/C11H26OSi2/c1-8-14(7)9-10(2)11(3,4)12-13(14,5)6/h10H,8-9H2,1-7H3. The summed E-state index contributed by atoms with van der Waals surface area (Å²) in [7, 11) is -2.46. The van der Waals surface area contributed by atoms with Crippen LogP contribution < -0.4 is 0 Å². The van der Waals surface area contributed by atoms with Gasteiger partial charge in [0.15, 0.2) is 7.83 Å². The normalized spacial score (nSPS) is 40.9. The highest BCUT2D eigenvalue weighted by Crippen LogP contribution is 2.43. The SMILES string of the molecule is CC[Si]1(C)CC(C)C(C)(C)O[Si]1(C)C. The maximum absolute atomic E-state index is 6.48. The van der Waals surface area contributed by atoms with Gasteiger partial charge in [-0.25, -0.2) is 0 Å². The molecular formula is C11H26OSi2. The van der Waals surface area contributed by atoms with Gasteiger partial charge in [-0.15, -0.1) is 0 Å². The van der Waals surface area contributed by atoms with Gasteiger partial charge in [-0.05, 0) is 32.9 Å². The lowest BCUT2D eigenvalue weighted by Crippen LogP contribution is -2.67. The Hall–Kier alpha value is 0.394. The van der Waals surface area contributed by atoms with Crippen molar-refractivity contribution < 1.29 is 4.43 Å². The monoisotopic (exact) mass is 230 g/mol. The van der Waals surface area contributed by atoms with Crippen molar-refractivity contribution in [1.82, 2.24) is 0 Å². The van der Waals surface area contributed by atoms with Crippen molar-refractivity contribution in [3.63, 3.8) is 0 Å². The van der Waals surface area contributed by atoms with Gasteiger partial charge < -0.3 is 4.43 Å². The Labute approximate surface area is 91.2 Å². The molecule has 0 aromatic heterocycles. The van der Waals surface area contributed by atoms with E-state index < -0.39 is 15.4 Å². The molecule has 1 saturated heterocycles. The fraction of sp³-hybridized carbons (Fsp3) is 1.00. The van der Waals surface area contributed by atoms with Gasteiger partial charge in [-0.3, -0.25) is 0 Å². The van der Waals surface area contributed by atoms with Crippen LogP contribution in [0.4, 0.5) is 0 Å². The van der Waals surface area contributed by atoms with Gasteiger partial charge in [-0.1, -0.05) is 32.5 Å². The van der Waals surface area contributed by atoms with Crippen LogP contribution in [0, 0.1) is 5.92 Å². The quantitative estimate of drug-likeness (QED) is 0.622. The number of hydrogen-bond donors (Lipinski definition) is 0. The molecule has 2 atom stereocenters. The average Bonchev–Trinajstić information content (AvgIpc) is 1.99. The zero-order valence-corrected chi connectivity index (χ0v) is 12.9. The third-order valence-electron chi connectivity index (χ3n) is 4.70. The second kappa shape index (κ2) is 3.46. The van der Waals surface area contributed by atoms with Crippen LogP contribution in [0.1, 0.15) is 27.7 Å². The molecule has 2 unspecified atom stereocenters. The summed E-state index contributed by atoms with van der Waals surface area (Å²) in [5.41, 5.74) is 0.122. The Bertz CT molecular complexity index is 225. The van der Waals surface area contributed by atoms with E-state index in [0.717, 1.165) is 5.92 Å². The summed E-state index contributed by atoms with van der Waals surface area (Å²) < 4.78 is 6.48. The molecule has 0 amide bonds. The zero-order valence-electron chi connectivity index (χ0n) is 10.9. The van der Waals surface area contributed by atoms with E-state index >= 15 is 0 Å². The van der Waals surface area contributed by atoms with Crippen molar-refractivity contribution in [3.8, 4) is 0 Å². The van der Waals surface area contributed by atoms with E-state index in [1.807, 2.05) is 0 Å². The van der Waals surface area contributed by atoms with Crippen LogP contribution in [-0.4, -0.2) is 21.0 Å². The Kier molecular flexibility index (Phi) is 3.08. The summed E-state index contributed by atoms with van der Waals surface area (Å²) in [5, 5.41) is 0. The van der Waals surface area contributed by atoms with E-state index in [1.165, 1.54) is 12.1 Å². The molecule has 0 radical (unpaired) electrons. The summed E-state index contributed by atoms with van der Waals surface area (Å²) in [6.07, 6.45) is 0. The van der Waals surface area contributed by atoms with Gasteiger partial charge in [0.05, 0.1) is 13.2 Å². The van der Waals surface area contributed by atoms with Crippen molar-refractivity contribution >= 4 is 15.4 Å². The lowest BCUT2D eigenvalue weighted by Gasteiger charge is -2.54. The van der Waals surface area contributed by atoms with Crippen molar-refractivity contribution in [2.75, 3.05) is 0 Å². The molecule has 1 aliphatic rings. The Morgan fingerprint density at radius 1 is 1.29 bits per heavy atom. The first-order valence-corrected chi connectivity index (χ1v) is 12.7. The maximum atomic E-state index is 6.48. The van der Waals surface area contributed by atoms with Crippen molar-refractivity contribution in [2.24, 2.45) is 5.92 Å². The van der Waals surface area contributed by atoms with Gasteiger partial charge in [0.1, 0.15) is 0 Å². The van der Waals surface area contributed by atoms with Gasteiger partial charge in [-0.2, -0.15) is 0 Å². The number of hydrogen-bond acceptors (Lipinski definition) is 1. The fourth-order valence-electron chi connectivity index (χ4n) is 2.62. The minimum atomic E-state index is -1.38. The molecule has 1 fully saturated rings. The van der Waals surface area contributed by atoms with Crippen molar-refractivity contribution in [2.45, 2.75) is 65.0 Å². The average molecular weight is 230 g/mol. The lowest BCUT2D eigenvalue weighted by atomic mass is 9.95. The number of rotatable bonds is 1. The van der Waals surface area contributed by atoms with Gasteiger partial charge >= 0.3 is 0 Å².